The van der Waals surface area contributed by atoms with Crippen LogP contribution in [0, 0.1) is 18.3 Å². The Morgan fingerprint density at radius 3 is 2.53 bits per heavy atom. The zero-order valence-corrected chi connectivity index (χ0v) is 12.7. The minimum absolute atomic E-state index is 0.183. The molecule has 0 aromatic heterocycles. The van der Waals surface area contributed by atoms with Gasteiger partial charge in [0.05, 0.1) is 6.07 Å². The van der Waals surface area contributed by atoms with Crippen molar-refractivity contribution in [3.63, 3.8) is 0 Å². The number of hydrogen-bond donors (Lipinski definition) is 0. The molecule has 0 unspecified atom stereocenters. The van der Waals surface area contributed by atoms with Gasteiger partial charge in [-0.2, -0.15) is 5.26 Å². The van der Waals surface area contributed by atoms with Crippen LogP contribution in [0.25, 0.3) is 0 Å². The number of benzene rings is 1. The van der Waals surface area contributed by atoms with E-state index in [0.29, 0.717) is 6.42 Å². The van der Waals surface area contributed by atoms with Crippen LogP contribution in [0.3, 0.4) is 0 Å². The number of nitrogens with zero attached hydrogens (tertiary/aromatic N) is 2. The normalized spacial score (nSPS) is 11.4. The summed E-state index contributed by atoms with van der Waals surface area (Å²) in [4.78, 5) is 2.15. The first-order chi connectivity index (χ1) is 8.80. The van der Waals surface area contributed by atoms with Gasteiger partial charge in [-0.25, -0.2) is 0 Å². The smallest absolute Gasteiger partial charge is 0.120 e. The fraction of sp³-hybridized carbons (Fsp3) is 0.562. The molecule has 0 atom stereocenters. The standard InChI is InChI=1S/C16H24N2O/c1-13-9-14(12-18(5)8-6-7-17)11-15(10-13)19-16(2,3)4/h9-11H,6,8,12H2,1-5H3. The number of rotatable bonds is 5. The molecule has 0 aliphatic carbocycles. The molecule has 0 bridgehead atoms. The van der Waals surface area contributed by atoms with E-state index in [4.69, 9.17) is 10.00 Å². The van der Waals surface area contributed by atoms with Crippen molar-refractivity contribution in [2.75, 3.05) is 13.6 Å². The number of nitriles is 1. The summed E-state index contributed by atoms with van der Waals surface area (Å²) in [6, 6.07) is 8.48. The van der Waals surface area contributed by atoms with E-state index in [0.717, 1.165) is 18.8 Å². The van der Waals surface area contributed by atoms with Crippen LogP contribution >= 0.6 is 0 Å². The second kappa shape index (κ2) is 6.58. The van der Waals surface area contributed by atoms with E-state index in [1.165, 1.54) is 11.1 Å². The first-order valence-corrected chi connectivity index (χ1v) is 6.65. The largest absolute Gasteiger partial charge is 0.488 e. The predicted octanol–water partition coefficient (Wildman–Crippen LogP) is 3.52. The molecular weight excluding hydrogens is 236 g/mol. The van der Waals surface area contributed by atoms with Gasteiger partial charge in [0.25, 0.3) is 0 Å². The molecule has 0 aliphatic heterocycles. The van der Waals surface area contributed by atoms with Gasteiger partial charge in [0, 0.05) is 19.5 Å². The highest BCUT2D eigenvalue weighted by Crippen LogP contribution is 2.22. The van der Waals surface area contributed by atoms with E-state index in [9.17, 15) is 0 Å². The van der Waals surface area contributed by atoms with Gasteiger partial charge in [-0.15, -0.1) is 0 Å². The minimum Gasteiger partial charge on any atom is -0.488 e. The summed E-state index contributed by atoms with van der Waals surface area (Å²) in [6.07, 6.45) is 0.563. The summed E-state index contributed by atoms with van der Waals surface area (Å²) in [5, 5.41) is 8.60. The van der Waals surface area contributed by atoms with E-state index in [2.05, 4.69) is 36.1 Å². The highest BCUT2D eigenvalue weighted by atomic mass is 16.5. The Labute approximate surface area is 116 Å². The highest BCUT2D eigenvalue weighted by Gasteiger charge is 2.12. The van der Waals surface area contributed by atoms with Gasteiger partial charge in [-0.1, -0.05) is 6.07 Å². The molecular formula is C16H24N2O. The molecule has 0 saturated carbocycles. The molecule has 1 aromatic carbocycles. The van der Waals surface area contributed by atoms with Crippen molar-refractivity contribution in [2.45, 2.75) is 46.3 Å². The summed E-state index contributed by atoms with van der Waals surface area (Å²) in [5.74, 6) is 0.913. The molecule has 0 spiro atoms. The quantitative estimate of drug-likeness (QED) is 0.812. The van der Waals surface area contributed by atoms with Gasteiger partial charge in [-0.3, -0.25) is 0 Å². The second-order valence-corrected chi connectivity index (χ2v) is 6.01. The van der Waals surface area contributed by atoms with Gasteiger partial charge in [-0.05, 0) is 58.0 Å². The van der Waals surface area contributed by atoms with Gasteiger partial charge < -0.3 is 9.64 Å². The first-order valence-electron chi connectivity index (χ1n) is 6.65. The maximum atomic E-state index is 8.60. The average Bonchev–Trinajstić information content (AvgIpc) is 2.22. The van der Waals surface area contributed by atoms with Crippen molar-refractivity contribution in [1.29, 1.82) is 5.26 Å². The molecule has 0 heterocycles. The van der Waals surface area contributed by atoms with Crippen molar-refractivity contribution in [3.05, 3.63) is 29.3 Å². The number of aryl methyl sites for hydroxylation is 1. The predicted molar refractivity (Wildman–Crippen MR) is 78.1 cm³/mol. The number of ether oxygens (including phenoxy) is 1. The lowest BCUT2D eigenvalue weighted by Gasteiger charge is -2.23. The lowest BCUT2D eigenvalue weighted by molar-refractivity contribution is 0.130. The van der Waals surface area contributed by atoms with E-state index >= 15 is 0 Å². The molecule has 1 aromatic rings. The van der Waals surface area contributed by atoms with Crippen LogP contribution in [0.1, 0.15) is 38.3 Å². The van der Waals surface area contributed by atoms with Crippen molar-refractivity contribution in [3.8, 4) is 11.8 Å². The fourth-order valence-electron chi connectivity index (χ4n) is 1.96. The molecule has 0 fully saturated rings. The third kappa shape index (κ3) is 6.26. The summed E-state index contributed by atoms with van der Waals surface area (Å²) in [6.45, 7) is 9.86. The zero-order chi connectivity index (χ0) is 14.5. The van der Waals surface area contributed by atoms with Crippen molar-refractivity contribution in [1.82, 2.24) is 4.90 Å². The SMILES string of the molecule is Cc1cc(CN(C)CCC#N)cc(OC(C)(C)C)c1. The molecule has 0 N–H and O–H groups in total. The van der Waals surface area contributed by atoms with Crippen LogP contribution in [0.15, 0.2) is 18.2 Å². The Bertz CT molecular complexity index is 455. The summed E-state index contributed by atoms with van der Waals surface area (Å²) in [7, 11) is 2.03. The highest BCUT2D eigenvalue weighted by molar-refractivity contribution is 5.34. The van der Waals surface area contributed by atoms with Crippen LogP contribution in [0.5, 0.6) is 5.75 Å². The first kappa shape index (κ1) is 15.5. The average molecular weight is 260 g/mol. The Kier molecular flexibility index (Phi) is 5.38. The Hall–Kier alpha value is -1.53. The third-order valence-electron chi connectivity index (χ3n) is 2.59. The molecule has 0 amide bonds. The molecule has 0 aliphatic rings. The van der Waals surface area contributed by atoms with E-state index < -0.39 is 0 Å². The maximum Gasteiger partial charge on any atom is 0.120 e. The lowest BCUT2D eigenvalue weighted by Crippen LogP contribution is -2.23. The van der Waals surface area contributed by atoms with Crippen LogP contribution in [0.4, 0.5) is 0 Å². The van der Waals surface area contributed by atoms with Crippen LogP contribution in [-0.2, 0) is 6.54 Å². The zero-order valence-electron chi connectivity index (χ0n) is 12.7. The van der Waals surface area contributed by atoms with Crippen LogP contribution < -0.4 is 4.74 Å². The van der Waals surface area contributed by atoms with Crippen molar-refractivity contribution < 1.29 is 4.74 Å². The van der Waals surface area contributed by atoms with Crippen molar-refractivity contribution >= 4 is 0 Å². The van der Waals surface area contributed by atoms with E-state index in [1.54, 1.807) is 0 Å². The van der Waals surface area contributed by atoms with Crippen LogP contribution in [-0.4, -0.2) is 24.1 Å². The molecule has 0 saturated heterocycles. The van der Waals surface area contributed by atoms with Gasteiger partial charge in [0.2, 0.25) is 0 Å². The Morgan fingerprint density at radius 1 is 1.26 bits per heavy atom. The van der Waals surface area contributed by atoms with E-state index in [1.807, 2.05) is 27.8 Å². The molecule has 0 radical (unpaired) electrons. The minimum atomic E-state index is -0.183. The topological polar surface area (TPSA) is 36.3 Å². The van der Waals surface area contributed by atoms with Gasteiger partial charge in [0.1, 0.15) is 11.4 Å². The fourth-order valence-corrected chi connectivity index (χ4v) is 1.96. The van der Waals surface area contributed by atoms with Crippen molar-refractivity contribution in [2.24, 2.45) is 0 Å². The molecule has 1 rings (SSSR count). The molecule has 19 heavy (non-hydrogen) atoms. The summed E-state index contributed by atoms with van der Waals surface area (Å²) >= 11 is 0. The summed E-state index contributed by atoms with van der Waals surface area (Å²) < 4.78 is 5.92. The lowest BCUT2D eigenvalue weighted by atomic mass is 10.1. The Morgan fingerprint density at radius 2 is 1.95 bits per heavy atom. The molecule has 3 heteroatoms. The molecule has 104 valence electrons. The Balaban J connectivity index is 2.77. The second-order valence-electron chi connectivity index (χ2n) is 6.01. The van der Waals surface area contributed by atoms with E-state index in [-0.39, 0.29) is 5.60 Å². The summed E-state index contributed by atoms with van der Waals surface area (Å²) in [5.41, 5.74) is 2.24. The maximum absolute atomic E-state index is 8.60. The number of hydrogen-bond acceptors (Lipinski definition) is 3. The van der Waals surface area contributed by atoms with Gasteiger partial charge >= 0.3 is 0 Å². The van der Waals surface area contributed by atoms with Gasteiger partial charge in [0.15, 0.2) is 0 Å². The monoisotopic (exact) mass is 260 g/mol. The van der Waals surface area contributed by atoms with Crippen LogP contribution in [0.2, 0.25) is 0 Å². The molecule has 3 nitrogen and oxygen atoms in total. The third-order valence-corrected chi connectivity index (χ3v) is 2.59.